The minimum absolute atomic E-state index is 0.0255. The Morgan fingerprint density at radius 3 is 2.55 bits per heavy atom. The van der Waals surface area contributed by atoms with Crippen molar-refractivity contribution in [3.05, 3.63) is 54.6 Å². The summed E-state index contributed by atoms with van der Waals surface area (Å²) in [6.45, 7) is 1.60. The first-order valence-electron chi connectivity index (χ1n) is 9.54. The summed E-state index contributed by atoms with van der Waals surface area (Å²) in [5.41, 5.74) is 2.77. The van der Waals surface area contributed by atoms with Crippen LogP contribution in [0.4, 0.5) is 5.69 Å². The van der Waals surface area contributed by atoms with Crippen LogP contribution in [0.15, 0.2) is 54.6 Å². The zero-order valence-corrected chi connectivity index (χ0v) is 16.9. The van der Waals surface area contributed by atoms with Crippen LogP contribution < -0.4 is 5.32 Å². The van der Waals surface area contributed by atoms with Gasteiger partial charge in [0.15, 0.2) is 6.61 Å². The van der Waals surface area contributed by atoms with Crippen molar-refractivity contribution in [1.29, 1.82) is 0 Å². The minimum Gasteiger partial charge on any atom is -0.454 e. The third kappa shape index (κ3) is 4.00. The number of fused-ring (bicyclic) bond motifs is 1. The Balaban J connectivity index is 1.30. The van der Waals surface area contributed by atoms with Gasteiger partial charge in [0.25, 0.3) is 5.91 Å². The molecule has 150 valence electrons. The van der Waals surface area contributed by atoms with Gasteiger partial charge in [0, 0.05) is 17.9 Å². The number of carbonyl (C=O) groups excluding carboxylic acids is 3. The van der Waals surface area contributed by atoms with E-state index in [4.69, 9.17) is 4.74 Å². The van der Waals surface area contributed by atoms with Gasteiger partial charge in [-0.1, -0.05) is 42.5 Å². The summed E-state index contributed by atoms with van der Waals surface area (Å²) in [6, 6.07) is 16.8. The first-order valence-corrected chi connectivity index (χ1v) is 10.5. The maximum atomic E-state index is 12.4. The van der Waals surface area contributed by atoms with Crippen LogP contribution in [0.1, 0.15) is 19.8 Å². The maximum absolute atomic E-state index is 12.4. The Bertz CT molecular complexity index is 932. The van der Waals surface area contributed by atoms with Crippen molar-refractivity contribution in [1.82, 2.24) is 4.90 Å². The monoisotopic (exact) mass is 410 g/mol. The lowest BCUT2D eigenvalue weighted by atomic mass is 10.1. The molecule has 0 aromatic heterocycles. The highest BCUT2D eigenvalue weighted by atomic mass is 32.2. The molecule has 1 N–H and O–H groups in total. The van der Waals surface area contributed by atoms with Crippen LogP contribution in [0.2, 0.25) is 0 Å². The number of rotatable bonds is 5. The van der Waals surface area contributed by atoms with Crippen molar-refractivity contribution < 1.29 is 19.1 Å². The Labute approximate surface area is 173 Å². The predicted molar refractivity (Wildman–Crippen MR) is 112 cm³/mol. The van der Waals surface area contributed by atoms with Crippen molar-refractivity contribution in [2.75, 3.05) is 17.7 Å². The number of benzene rings is 2. The third-order valence-corrected chi connectivity index (χ3v) is 6.84. The highest BCUT2D eigenvalue weighted by molar-refractivity contribution is 8.01. The molecule has 29 heavy (non-hydrogen) atoms. The lowest BCUT2D eigenvalue weighted by Gasteiger charge is -2.29. The van der Waals surface area contributed by atoms with Crippen molar-refractivity contribution in [3.8, 4) is 11.1 Å². The van der Waals surface area contributed by atoms with E-state index in [9.17, 15) is 14.4 Å². The Hall–Kier alpha value is -2.80. The molecule has 0 radical (unpaired) electrons. The van der Waals surface area contributed by atoms with E-state index in [1.807, 2.05) is 61.5 Å². The number of amides is 2. The van der Waals surface area contributed by atoms with Gasteiger partial charge in [-0.05, 0) is 36.6 Å². The molecule has 7 heteroatoms. The summed E-state index contributed by atoms with van der Waals surface area (Å²) in [6.07, 6.45) is 1.19. The van der Waals surface area contributed by atoms with E-state index in [0.29, 0.717) is 17.9 Å². The van der Waals surface area contributed by atoms with Crippen molar-refractivity contribution in [3.63, 3.8) is 0 Å². The number of nitrogens with one attached hydrogen (secondary N) is 1. The van der Waals surface area contributed by atoms with E-state index in [1.54, 1.807) is 16.7 Å². The number of hydrogen-bond acceptors (Lipinski definition) is 5. The number of ether oxygens (including phenoxy) is 1. The minimum atomic E-state index is -0.613. The Kier molecular flexibility index (Phi) is 5.32. The molecule has 0 bridgehead atoms. The third-order valence-electron chi connectivity index (χ3n) is 5.34. The molecule has 0 aliphatic carbocycles. The Morgan fingerprint density at radius 1 is 1.14 bits per heavy atom. The number of carbonyl (C=O) groups is 3. The molecule has 6 nitrogen and oxygen atoms in total. The van der Waals surface area contributed by atoms with Crippen LogP contribution in [0.25, 0.3) is 11.1 Å². The normalized spacial score (nSPS) is 23.0. The molecule has 2 aromatic carbocycles. The fraction of sp³-hybridized carbons (Fsp3) is 0.318. The molecule has 2 aliphatic heterocycles. The quantitative estimate of drug-likeness (QED) is 0.766. The highest BCUT2D eigenvalue weighted by Gasteiger charge is 2.53. The van der Waals surface area contributed by atoms with Gasteiger partial charge in [0.05, 0.1) is 4.87 Å². The predicted octanol–water partition coefficient (Wildman–Crippen LogP) is 3.29. The van der Waals surface area contributed by atoms with E-state index in [-0.39, 0.29) is 17.4 Å². The molecular weight excluding hydrogens is 388 g/mol. The van der Waals surface area contributed by atoms with Gasteiger partial charge in [0.1, 0.15) is 6.04 Å². The van der Waals surface area contributed by atoms with Crippen molar-refractivity contribution in [2.24, 2.45) is 0 Å². The first kappa shape index (κ1) is 19.5. The van der Waals surface area contributed by atoms with E-state index < -0.39 is 17.9 Å². The molecule has 2 fully saturated rings. The van der Waals surface area contributed by atoms with E-state index in [1.165, 1.54) is 0 Å². The van der Waals surface area contributed by atoms with Crippen LogP contribution in [-0.2, 0) is 19.1 Å². The Morgan fingerprint density at radius 2 is 1.83 bits per heavy atom. The topological polar surface area (TPSA) is 75.7 Å². The standard InChI is InChI=1S/C22H22N2O4S/c1-22-12-11-20(26)24(22)18(14-29-22)21(27)28-13-19(25)23-17-9-7-16(8-10-17)15-5-3-2-4-6-15/h2-10,18H,11-14H2,1H3,(H,23,25)/t18-,22+/m1/s1. The molecular formula is C22H22N2O4S. The second-order valence-electron chi connectivity index (χ2n) is 7.36. The molecule has 2 aromatic rings. The van der Waals surface area contributed by atoms with Crippen LogP contribution in [-0.4, -0.2) is 46.0 Å². The molecule has 2 aliphatic rings. The van der Waals surface area contributed by atoms with Crippen LogP contribution in [0.5, 0.6) is 0 Å². The average Bonchev–Trinajstić information content (AvgIpc) is 3.23. The smallest absolute Gasteiger partial charge is 0.330 e. The summed E-state index contributed by atoms with van der Waals surface area (Å²) < 4.78 is 5.20. The number of nitrogens with zero attached hydrogens (tertiary/aromatic N) is 1. The van der Waals surface area contributed by atoms with Crippen LogP contribution >= 0.6 is 11.8 Å². The van der Waals surface area contributed by atoms with E-state index in [0.717, 1.165) is 17.5 Å². The lowest BCUT2D eigenvalue weighted by molar-refractivity contribution is -0.155. The molecule has 0 unspecified atom stereocenters. The number of hydrogen-bond donors (Lipinski definition) is 1. The van der Waals surface area contributed by atoms with Gasteiger partial charge >= 0.3 is 5.97 Å². The van der Waals surface area contributed by atoms with Gasteiger partial charge in [0.2, 0.25) is 5.91 Å². The average molecular weight is 410 g/mol. The largest absolute Gasteiger partial charge is 0.454 e. The van der Waals surface area contributed by atoms with Gasteiger partial charge < -0.3 is 15.0 Å². The molecule has 2 amide bonds. The second-order valence-corrected chi connectivity index (χ2v) is 8.87. The number of thioether (sulfide) groups is 1. The van der Waals surface area contributed by atoms with E-state index in [2.05, 4.69) is 5.32 Å². The fourth-order valence-corrected chi connectivity index (χ4v) is 5.22. The summed E-state index contributed by atoms with van der Waals surface area (Å²) >= 11 is 1.60. The summed E-state index contributed by atoms with van der Waals surface area (Å²) in [5.74, 6) is -0.454. The molecule has 0 saturated carbocycles. The molecule has 2 saturated heterocycles. The fourth-order valence-electron chi connectivity index (χ4n) is 3.80. The van der Waals surface area contributed by atoms with Gasteiger partial charge in [-0.25, -0.2) is 4.79 Å². The van der Waals surface area contributed by atoms with E-state index >= 15 is 0 Å². The molecule has 2 atom stereocenters. The molecule has 2 heterocycles. The van der Waals surface area contributed by atoms with Crippen LogP contribution in [0.3, 0.4) is 0 Å². The highest BCUT2D eigenvalue weighted by Crippen LogP contribution is 2.47. The molecule has 4 rings (SSSR count). The van der Waals surface area contributed by atoms with Crippen molar-refractivity contribution in [2.45, 2.75) is 30.7 Å². The van der Waals surface area contributed by atoms with Gasteiger partial charge in [-0.15, -0.1) is 11.8 Å². The molecule has 0 spiro atoms. The summed E-state index contributed by atoms with van der Waals surface area (Å²) in [7, 11) is 0. The number of anilines is 1. The van der Waals surface area contributed by atoms with Gasteiger partial charge in [-0.3, -0.25) is 9.59 Å². The second kappa shape index (κ2) is 7.91. The maximum Gasteiger partial charge on any atom is 0.330 e. The van der Waals surface area contributed by atoms with Crippen molar-refractivity contribution >= 4 is 35.2 Å². The first-order chi connectivity index (χ1) is 14.0. The summed E-state index contributed by atoms with van der Waals surface area (Å²) in [5, 5.41) is 2.73. The van der Waals surface area contributed by atoms with Crippen LogP contribution in [0, 0.1) is 0 Å². The lowest BCUT2D eigenvalue weighted by Crippen LogP contribution is -2.47. The SMILES string of the molecule is C[C@]12CCC(=O)N1[C@@H](C(=O)OCC(=O)Nc1ccc(-c3ccccc3)cc1)CS2. The summed E-state index contributed by atoms with van der Waals surface area (Å²) in [4.78, 5) is 38.0. The zero-order chi connectivity index (χ0) is 20.4. The number of esters is 1. The zero-order valence-electron chi connectivity index (χ0n) is 16.1. The van der Waals surface area contributed by atoms with Gasteiger partial charge in [-0.2, -0.15) is 0 Å².